The molecule has 0 saturated heterocycles. The molecule has 0 fully saturated rings. The Labute approximate surface area is 192 Å². The molecule has 7 nitrogen and oxygen atoms in total. The number of unbranched alkanes of at least 4 members (excludes halogenated alkanes) is 3. The number of aromatic nitrogens is 2. The summed E-state index contributed by atoms with van der Waals surface area (Å²) >= 11 is 0. The lowest BCUT2D eigenvalue weighted by Crippen LogP contribution is -2.06. The number of rotatable bonds is 9. The lowest BCUT2D eigenvalue weighted by molar-refractivity contribution is -0.138. The van der Waals surface area contributed by atoms with Gasteiger partial charge in [-0.15, -0.1) is 0 Å². The van der Waals surface area contributed by atoms with Crippen molar-refractivity contribution in [2.45, 2.75) is 46.5 Å². The van der Waals surface area contributed by atoms with Crippen LogP contribution >= 0.6 is 0 Å². The van der Waals surface area contributed by atoms with Gasteiger partial charge in [-0.1, -0.05) is 56.4 Å². The number of carbonyl (C=O) groups excluding carboxylic acids is 1. The molecular formula is C25H36N2O5. The van der Waals surface area contributed by atoms with E-state index in [0.717, 1.165) is 18.2 Å². The van der Waals surface area contributed by atoms with Crippen molar-refractivity contribution in [3.05, 3.63) is 59.8 Å². The summed E-state index contributed by atoms with van der Waals surface area (Å²) in [5, 5.41) is 3.69. The van der Waals surface area contributed by atoms with Gasteiger partial charge in [0.2, 0.25) is 11.7 Å². The molecule has 0 aliphatic heterocycles. The van der Waals surface area contributed by atoms with E-state index in [-0.39, 0.29) is 0 Å². The van der Waals surface area contributed by atoms with Gasteiger partial charge < -0.3 is 18.7 Å². The molecule has 0 atom stereocenters. The second-order valence-corrected chi connectivity index (χ2v) is 6.67. The number of hydrogen-bond donors (Lipinski definition) is 0. The van der Waals surface area contributed by atoms with E-state index in [1.165, 1.54) is 31.2 Å². The lowest BCUT2D eigenvalue weighted by Gasteiger charge is -1.98. The third kappa shape index (κ3) is 16.8. The van der Waals surface area contributed by atoms with E-state index in [9.17, 15) is 4.79 Å². The maximum atomic E-state index is 10.3. The molecular weight excluding hydrogens is 408 g/mol. The fraction of sp³-hybridized carbons (Fsp3) is 0.480. The number of aryl methyl sites for hydroxylation is 2. The zero-order valence-corrected chi connectivity index (χ0v) is 20.0. The van der Waals surface area contributed by atoms with Crippen LogP contribution < -0.4 is 0 Å². The topological polar surface area (TPSA) is 83.7 Å². The second kappa shape index (κ2) is 20.0. The Morgan fingerprint density at radius 1 is 1.03 bits per heavy atom. The summed E-state index contributed by atoms with van der Waals surface area (Å²) in [6, 6.07) is 7.97. The van der Waals surface area contributed by atoms with E-state index in [2.05, 4.69) is 45.0 Å². The Bertz CT molecular complexity index is 798. The maximum absolute atomic E-state index is 10.3. The van der Waals surface area contributed by atoms with Gasteiger partial charge in [-0.2, -0.15) is 4.98 Å². The standard InChI is InChI=1S/C12H10N2O.C7H16O.C6H10O3/c1-9-3-5-11(6-4-9)7-8-12-13-10(2)15-14-12;1-3-4-5-6-7-8-2;1-3-6(7)9-5-4-8-2/h3-6H,1-2H3;3-7H2,1-2H3;3H,1,4-5H2,2H3. The van der Waals surface area contributed by atoms with Gasteiger partial charge in [0.1, 0.15) is 6.61 Å². The first-order chi connectivity index (χ1) is 15.5. The molecule has 0 spiro atoms. The van der Waals surface area contributed by atoms with Crippen LogP contribution in [-0.4, -0.2) is 50.2 Å². The van der Waals surface area contributed by atoms with Crippen LogP contribution in [0.25, 0.3) is 0 Å². The van der Waals surface area contributed by atoms with Crippen molar-refractivity contribution in [1.29, 1.82) is 0 Å². The fourth-order valence-corrected chi connectivity index (χ4v) is 2.07. The van der Waals surface area contributed by atoms with Gasteiger partial charge in [0.05, 0.1) is 6.61 Å². The normalized spacial score (nSPS) is 9.28. The first kappa shape index (κ1) is 29.1. The number of hydrogen-bond acceptors (Lipinski definition) is 7. The first-order valence-electron chi connectivity index (χ1n) is 10.6. The highest BCUT2D eigenvalue weighted by Gasteiger charge is 1.96. The van der Waals surface area contributed by atoms with Crippen molar-refractivity contribution in [1.82, 2.24) is 10.1 Å². The summed E-state index contributed by atoms with van der Waals surface area (Å²) in [4.78, 5) is 14.3. The van der Waals surface area contributed by atoms with Crippen molar-refractivity contribution >= 4 is 5.97 Å². The van der Waals surface area contributed by atoms with Gasteiger partial charge in [0, 0.05) is 39.4 Å². The molecule has 0 unspecified atom stereocenters. The first-order valence-corrected chi connectivity index (χ1v) is 10.6. The highest BCUT2D eigenvalue weighted by Crippen LogP contribution is 2.01. The van der Waals surface area contributed by atoms with Crippen LogP contribution in [0.1, 0.15) is 55.4 Å². The maximum Gasteiger partial charge on any atom is 0.330 e. The van der Waals surface area contributed by atoms with Gasteiger partial charge in [0.15, 0.2) is 0 Å². The minimum atomic E-state index is -0.410. The van der Waals surface area contributed by atoms with Crippen LogP contribution in [0.4, 0.5) is 0 Å². The number of carbonyl (C=O) groups is 1. The summed E-state index contributed by atoms with van der Waals surface area (Å²) in [5.74, 6) is 6.35. The number of ether oxygens (including phenoxy) is 3. The summed E-state index contributed by atoms with van der Waals surface area (Å²) in [7, 11) is 3.30. The zero-order chi connectivity index (χ0) is 24.0. The molecule has 1 aromatic heterocycles. The molecule has 0 bridgehead atoms. The van der Waals surface area contributed by atoms with E-state index < -0.39 is 5.97 Å². The molecule has 0 radical (unpaired) electrons. The van der Waals surface area contributed by atoms with Crippen molar-refractivity contribution in [2.75, 3.05) is 34.0 Å². The summed E-state index contributed by atoms with van der Waals surface area (Å²) < 4.78 is 18.9. The van der Waals surface area contributed by atoms with E-state index in [4.69, 9.17) is 9.26 Å². The van der Waals surface area contributed by atoms with Crippen LogP contribution in [0.3, 0.4) is 0 Å². The Kier molecular flexibility index (Phi) is 18.1. The predicted molar refractivity (Wildman–Crippen MR) is 125 cm³/mol. The summed E-state index contributed by atoms with van der Waals surface area (Å²) in [5.41, 5.74) is 2.17. The lowest BCUT2D eigenvalue weighted by atomic mass is 10.1. The quantitative estimate of drug-likeness (QED) is 0.241. The smallest absolute Gasteiger partial charge is 0.330 e. The molecule has 1 heterocycles. The van der Waals surface area contributed by atoms with Crippen LogP contribution in [0, 0.1) is 25.7 Å². The summed E-state index contributed by atoms with van der Waals surface area (Å²) in [6.45, 7) is 10.9. The van der Waals surface area contributed by atoms with Crippen LogP contribution in [0.15, 0.2) is 41.4 Å². The van der Waals surface area contributed by atoms with Gasteiger partial charge >= 0.3 is 5.97 Å². The molecule has 2 rings (SSSR count). The number of methoxy groups -OCH3 is 2. The molecule has 2 aromatic rings. The second-order valence-electron chi connectivity index (χ2n) is 6.67. The van der Waals surface area contributed by atoms with Crippen LogP contribution in [0.5, 0.6) is 0 Å². The van der Waals surface area contributed by atoms with Gasteiger partial charge in [-0.25, -0.2) is 4.79 Å². The average Bonchev–Trinajstić information content (AvgIpc) is 3.22. The highest BCUT2D eigenvalue weighted by molar-refractivity contribution is 5.81. The Balaban J connectivity index is 0.000000490. The van der Waals surface area contributed by atoms with Gasteiger partial charge in [-0.05, 0) is 36.6 Å². The minimum Gasteiger partial charge on any atom is -0.460 e. The predicted octanol–water partition coefficient (Wildman–Crippen LogP) is 4.66. The molecule has 0 amide bonds. The fourth-order valence-electron chi connectivity index (χ4n) is 2.07. The molecule has 0 aliphatic rings. The number of benzene rings is 1. The molecule has 0 aliphatic carbocycles. The largest absolute Gasteiger partial charge is 0.460 e. The number of nitrogens with zero attached hydrogens (tertiary/aromatic N) is 2. The van der Waals surface area contributed by atoms with Gasteiger partial charge in [-0.3, -0.25) is 0 Å². The molecule has 0 saturated carbocycles. The van der Waals surface area contributed by atoms with Crippen molar-refractivity contribution < 1.29 is 23.5 Å². The van der Waals surface area contributed by atoms with Crippen molar-refractivity contribution in [3.63, 3.8) is 0 Å². The third-order valence-corrected chi connectivity index (χ3v) is 3.80. The van der Waals surface area contributed by atoms with Crippen LogP contribution in [0.2, 0.25) is 0 Å². The number of esters is 1. The minimum absolute atomic E-state index is 0.293. The van der Waals surface area contributed by atoms with Gasteiger partial charge in [0.25, 0.3) is 0 Å². The van der Waals surface area contributed by atoms with Crippen molar-refractivity contribution in [3.8, 4) is 11.8 Å². The Hall–Kier alpha value is -2.95. The third-order valence-electron chi connectivity index (χ3n) is 3.80. The molecule has 32 heavy (non-hydrogen) atoms. The molecule has 176 valence electrons. The van der Waals surface area contributed by atoms with Crippen LogP contribution in [-0.2, 0) is 19.0 Å². The molecule has 1 aromatic carbocycles. The summed E-state index contributed by atoms with van der Waals surface area (Å²) in [6.07, 6.45) is 6.33. The van der Waals surface area contributed by atoms with E-state index >= 15 is 0 Å². The van der Waals surface area contributed by atoms with E-state index in [1.807, 2.05) is 31.2 Å². The monoisotopic (exact) mass is 444 g/mol. The Morgan fingerprint density at radius 2 is 1.72 bits per heavy atom. The van der Waals surface area contributed by atoms with E-state index in [0.29, 0.717) is 24.9 Å². The average molecular weight is 445 g/mol. The van der Waals surface area contributed by atoms with Crippen molar-refractivity contribution in [2.24, 2.45) is 0 Å². The Morgan fingerprint density at radius 3 is 2.25 bits per heavy atom. The molecule has 0 N–H and O–H groups in total. The zero-order valence-electron chi connectivity index (χ0n) is 20.0. The highest BCUT2D eigenvalue weighted by atomic mass is 16.6. The van der Waals surface area contributed by atoms with E-state index in [1.54, 1.807) is 21.1 Å². The SMILES string of the molecule is C=CC(=O)OCCOC.CCCCCCOC.Cc1ccc(C#Cc2noc(C)n2)cc1. The molecule has 7 heteroatoms.